The van der Waals surface area contributed by atoms with Gasteiger partial charge >= 0.3 is 6.18 Å². The summed E-state index contributed by atoms with van der Waals surface area (Å²) < 4.78 is 38.6. The Hall–Kier alpha value is -1.08. The van der Waals surface area contributed by atoms with Crippen LogP contribution >= 0.6 is 15.9 Å². The molecule has 0 spiro atoms. The standard InChI is InChI=1S/C14H16BrF3N2O/c1-2-13(6-3-7-19-13)12(21)20-11-8-9(14(16,17)18)4-5-10(11)15/h4-5,8,19H,2-3,6-7H2,1H3,(H,20,21). The Kier molecular flexibility index (Phi) is 4.63. The molecule has 1 unspecified atom stereocenters. The second-order valence-electron chi connectivity index (χ2n) is 5.11. The van der Waals surface area contributed by atoms with E-state index in [1.807, 2.05) is 6.92 Å². The zero-order valence-electron chi connectivity index (χ0n) is 11.5. The molecule has 2 N–H and O–H groups in total. The Morgan fingerprint density at radius 2 is 2.19 bits per heavy atom. The largest absolute Gasteiger partial charge is 0.416 e. The topological polar surface area (TPSA) is 41.1 Å². The summed E-state index contributed by atoms with van der Waals surface area (Å²) in [5, 5.41) is 5.76. The predicted molar refractivity (Wildman–Crippen MR) is 78.0 cm³/mol. The number of hydrogen-bond donors (Lipinski definition) is 2. The summed E-state index contributed by atoms with van der Waals surface area (Å²) in [7, 11) is 0. The Bertz CT molecular complexity index is 540. The fourth-order valence-corrected chi connectivity index (χ4v) is 2.85. The number of carbonyl (C=O) groups is 1. The third-order valence-electron chi connectivity index (χ3n) is 3.82. The monoisotopic (exact) mass is 364 g/mol. The van der Waals surface area contributed by atoms with E-state index in [4.69, 9.17) is 0 Å². The first-order valence-electron chi connectivity index (χ1n) is 6.72. The van der Waals surface area contributed by atoms with Gasteiger partial charge in [0, 0.05) is 4.47 Å². The van der Waals surface area contributed by atoms with Crippen molar-refractivity contribution in [3.63, 3.8) is 0 Å². The van der Waals surface area contributed by atoms with Crippen LogP contribution in [-0.2, 0) is 11.0 Å². The zero-order chi connectivity index (χ0) is 15.7. The fourth-order valence-electron chi connectivity index (χ4n) is 2.50. The lowest BCUT2D eigenvalue weighted by Gasteiger charge is -2.27. The van der Waals surface area contributed by atoms with E-state index in [1.54, 1.807) is 0 Å². The Labute approximate surface area is 129 Å². The van der Waals surface area contributed by atoms with Gasteiger partial charge in [-0.1, -0.05) is 6.92 Å². The Balaban J connectivity index is 2.25. The number of hydrogen-bond acceptors (Lipinski definition) is 2. The summed E-state index contributed by atoms with van der Waals surface area (Å²) in [5.41, 5.74) is -1.34. The Morgan fingerprint density at radius 3 is 2.71 bits per heavy atom. The SMILES string of the molecule is CCC1(C(=O)Nc2cc(C(F)(F)F)ccc2Br)CCCN1. The number of anilines is 1. The normalized spacial score (nSPS) is 22.3. The number of benzene rings is 1. The Morgan fingerprint density at radius 1 is 1.48 bits per heavy atom. The van der Waals surface area contributed by atoms with Crippen LogP contribution in [0.4, 0.5) is 18.9 Å². The molecule has 1 saturated heterocycles. The maximum absolute atomic E-state index is 12.7. The highest BCUT2D eigenvalue weighted by molar-refractivity contribution is 9.10. The van der Waals surface area contributed by atoms with E-state index in [0.29, 0.717) is 17.3 Å². The van der Waals surface area contributed by atoms with Crippen molar-refractivity contribution < 1.29 is 18.0 Å². The summed E-state index contributed by atoms with van der Waals surface area (Å²) in [6.07, 6.45) is -2.28. The van der Waals surface area contributed by atoms with Crippen LogP contribution in [0.15, 0.2) is 22.7 Å². The molecule has 0 bridgehead atoms. The quantitative estimate of drug-likeness (QED) is 0.852. The molecule has 21 heavy (non-hydrogen) atoms. The summed E-state index contributed by atoms with van der Waals surface area (Å²) in [6, 6.07) is 3.21. The van der Waals surface area contributed by atoms with Gasteiger partial charge in [-0.15, -0.1) is 0 Å². The molecule has 0 saturated carbocycles. The van der Waals surface area contributed by atoms with Crippen molar-refractivity contribution in [3.8, 4) is 0 Å². The smallest absolute Gasteiger partial charge is 0.323 e. The van der Waals surface area contributed by atoms with E-state index >= 15 is 0 Å². The molecule has 2 rings (SSSR count). The van der Waals surface area contributed by atoms with Gasteiger partial charge in [-0.3, -0.25) is 4.79 Å². The third-order valence-corrected chi connectivity index (χ3v) is 4.52. The second kappa shape index (κ2) is 5.96. The average molecular weight is 365 g/mol. The average Bonchev–Trinajstić information content (AvgIpc) is 2.90. The first-order valence-corrected chi connectivity index (χ1v) is 7.51. The van der Waals surface area contributed by atoms with E-state index in [1.165, 1.54) is 6.07 Å². The second-order valence-corrected chi connectivity index (χ2v) is 5.97. The zero-order valence-corrected chi connectivity index (χ0v) is 13.1. The summed E-state index contributed by atoms with van der Waals surface area (Å²) in [6.45, 7) is 2.63. The van der Waals surface area contributed by atoms with Crippen molar-refractivity contribution in [1.29, 1.82) is 0 Å². The molecule has 7 heteroatoms. The van der Waals surface area contributed by atoms with Crippen LogP contribution in [0, 0.1) is 0 Å². The summed E-state index contributed by atoms with van der Waals surface area (Å²) in [4.78, 5) is 12.4. The molecule has 116 valence electrons. The van der Waals surface area contributed by atoms with Crippen LogP contribution in [0.1, 0.15) is 31.7 Å². The van der Waals surface area contributed by atoms with Gasteiger partial charge in [0.2, 0.25) is 5.91 Å². The number of alkyl halides is 3. The minimum Gasteiger partial charge on any atom is -0.323 e. The van der Waals surface area contributed by atoms with Crippen molar-refractivity contribution in [2.45, 2.75) is 37.9 Å². The lowest BCUT2D eigenvalue weighted by molar-refractivity contribution is -0.137. The van der Waals surface area contributed by atoms with Crippen LogP contribution in [0.3, 0.4) is 0 Å². The molecular weight excluding hydrogens is 349 g/mol. The van der Waals surface area contributed by atoms with E-state index in [-0.39, 0.29) is 11.6 Å². The highest BCUT2D eigenvalue weighted by Gasteiger charge is 2.39. The lowest BCUT2D eigenvalue weighted by Crippen LogP contribution is -2.50. The van der Waals surface area contributed by atoms with E-state index in [9.17, 15) is 18.0 Å². The number of nitrogens with one attached hydrogen (secondary N) is 2. The molecule has 1 aromatic rings. The van der Waals surface area contributed by atoms with Crippen molar-refractivity contribution in [1.82, 2.24) is 5.32 Å². The fraction of sp³-hybridized carbons (Fsp3) is 0.500. The molecule has 0 aliphatic carbocycles. The molecule has 1 heterocycles. The van der Waals surface area contributed by atoms with Gasteiger partial charge in [0.15, 0.2) is 0 Å². The first-order chi connectivity index (χ1) is 9.78. The lowest BCUT2D eigenvalue weighted by atomic mass is 9.93. The van der Waals surface area contributed by atoms with Gasteiger partial charge in [-0.05, 0) is 59.9 Å². The predicted octanol–water partition coefficient (Wildman–Crippen LogP) is 3.94. The summed E-state index contributed by atoms with van der Waals surface area (Å²) in [5.74, 6) is -0.289. The molecular formula is C14H16BrF3N2O. The van der Waals surface area contributed by atoms with Crippen LogP contribution < -0.4 is 10.6 Å². The van der Waals surface area contributed by atoms with Gasteiger partial charge in [0.05, 0.1) is 16.8 Å². The van der Waals surface area contributed by atoms with Gasteiger partial charge < -0.3 is 10.6 Å². The number of rotatable bonds is 3. The van der Waals surface area contributed by atoms with Crippen LogP contribution in [0.5, 0.6) is 0 Å². The molecule has 1 aliphatic rings. The number of amides is 1. The molecule has 3 nitrogen and oxygen atoms in total. The van der Waals surface area contributed by atoms with Gasteiger partial charge in [-0.2, -0.15) is 13.2 Å². The first kappa shape index (κ1) is 16.3. The van der Waals surface area contributed by atoms with E-state index < -0.39 is 17.3 Å². The molecule has 1 fully saturated rings. The highest BCUT2D eigenvalue weighted by atomic mass is 79.9. The van der Waals surface area contributed by atoms with Crippen LogP contribution in [-0.4, -0.2) is 18.0 Å². The molecule has 1 aromatic carbocycles. The number of carbonyl (C=O) groups excluding carboxylic acids is 1. The van der Waals surface area contributed by atoms with Crippen LogP contribution in [0.25, 0.3) is 0 Å². The highest BCUT2D eigenvalue weighted by Crippen LogP contribution is 2.34. The molecule has 0 aromatic heterocycles. The van der Waals surface area contributed by atoms with Gasteiger partial charge in [-0.25, -0.2) is 0 Å². The van der Waals surface area contributed by atoms with Crippen molar-refractivity contribution in [2.24, 2.45) is 0 Å². The molecule has 0 radical (unpaired) electrons. The van der Waals surface area contributed by atoms with E-state index in [0.717, 1.165) is 25.1 Å². The molecule has 1 aliphatic heterocycles. The maximum atomic E-state index is 12.7. The minimum absolute atomic E-state index is 0.136. The number of halogens is 4. The molecule has 1 atom stereocenters. The minimum atomic E-state index is -4.44. The third kappa shape index (κ3) is 3.40. The van der Waals surface area contributed by atoms with Gasteiger partial charge in [0.25, 0.3) is 0 Å². The van der Waals surface area contributed by atoms with Crippen molar-refractivity contribution in [2.75, 3.05) is 11.9 Å². The van der Waals surface area contributed by atoms with Crippen LogP contribution in [0.2, 0.25) is 0 Å². The van der Waals surface area contributed by atoms with E-state index in [2.05, 4.69) is 26.6 Å². The van der Waals surface area contributed by atoms with Crippen molar-refractivity contribution >= 4 is 27.5 Å². The van der Waals surface area contributed by atoms with Crippen molar-refractivity contribution in [3.05, 3.63) is 28.2 Å². The molecule has 1 amide bonds. The summed E-state index contributed by atoms with van der Waals surface area (Å²) >= 11 is 3.17. The maximum Gasteiger partial charge on any atom is 0.416 e. The van der Waals surface area contributed by atoms with Gasteiger partial charge in [0.1, 0.15) is 0 Å².